The predicted molar refractivity (Wildman–Crippen MR) is 67.7 cm³/mol. The fraction of sp³-hybridized carbons (Fsp3) is 0.909. The Morgan fingerprint density at radius 2 is 1.88 bits per heavy atom. The molecular formula is C11H21BrN2O2. The lowest BCUT2D eigenvalue weighted by Gasteiger charge is -2.37. The van der Waals surface area contributed by atoms with E-state index in [4.69, 9.17) is 0 Å². The third kappa shape index (κ3) is 4.80. The van der Waals surface area contributed by atoms with Crippen LogP contribution < -0.4 is 0 Å². The van der Waals surface area contributed by atoms with E-state index in [9.17, 15) is 9.90 Å². The number of hydrogen-bond donors (Lipinski definition) is 1. The number of alkyl halides is 1. The predicted octanol–water partition coefficient (Wildman–Crippen LogP) is 0.687. The number of amides is 1. The lowest BCUT2D eigenvalue weighted by Crippen LogP contribution is -2.52. The van der Waals surface area contributed by atoms with Gasteiger partial charge in [-0.1, -0.05) is 15.9 Å². The van der Waals surface area contributed by atoms with Crippen LogP contribution in [0.5, 0.6) is 0 Å². The van der Waals surface area contributed by atoms with Gasteiger partial charge in [0.15, 0.2) is 0 Å². The second-order valence-electron chi connectivity index (χ2n) is 4.91. The normalized spacial score (nSPS) is 18.9. The van der Waals surface area contributed by atoms with Crippen molar-refractivity contribution in [2.24, 2.45) is 0 Å². The van der Waals surface area contributed by atoms with Crippen LogP contribution in [0.4, 0.5) is 0 Å². The van der Waals surface area contributed by atoms with Gasteiger partial charge in [0.25, 0.3) is 0 Å². The summed E-state index contributed by atoms with van der Waals surface area (Å²) in [4.78, 5) is 15.7. The second kappa shape index (κ2) is 5.98. The van der Waals surface area contributed by atoms with Crippen molar-refractivity contribution in [3.05, 3.63) is 0 Å². The van der Waals surface area contributed by atoms with Gasteiger partial charge < -0.3 is 10.0 Å². The molecule has 1 heterocycles. The van der Waals surface area contributed by atoms with Crippen LogP contribution in [-0.2, 0) is 4.79 Å². The van der Waals surface area contributed by atoms with Gasteiger partial charge in [-0.2, -0.15) is 0 Å². The van der Waals surface area contributed by atoms with E-state index in [1.54, 1.807) is 0 Å². The molecule has 94 valence electrons. The number of hydrogen-bond acceptors (Lipinski definition) is 3. The summed E-state index contributed by atoms with van der Waals surface area (Å²) in [5.41, 5.74) is -0.651. The third-order valence-corrected chi connectivity index (χ3v) is 3.04. The number of rotatable bonds is 4. The summed E-state index contributed by atoms with van der Waals surface area (Å²) in [7, 11) is 0. The van der Waals surface area contributed by atoms with Gasteiger partial charge >= 0.3 is 0 Å². The molecule has 1 aliphatic heterocycles. The van der Waals surface area contributed by atoms with E-state index in [0.29, 0.717) is 13.0 Å². The average molecular weight is 293 g/mol. The number of β-amino-alcohol motifs (C(OH)–C–C–N with tert-alkyl or cyclic N) is 1. The van der Waals surface area contributed by atoms with E-state index in [-0.39, 0.29) is 5.91 Å². The summed E-state index contributed by atoms with van der Waals surface area (Å²) in [5.74, 6) is 0.222. The maximum atomic E-state index is 11.6. The Bertz CT molecular complexity index is 233. The summed E-state index contributed by atoms with van der Waals surface area (Å²) in [6.45, 7) is 7.58. The van der Waals surface area contributed by atoms with Crippen LogP contribution in [0.25, 0.3) is 0 Å². The highest BCUT2D eigenvalue weighted by Crippen LogP contribution is 2.09. The lowest BCUT2D eigenvalue weighted by molar-refractivity contribution is -0.132. The molecule has 1 N–H and O–H groups in total. The van der Waals surface area contributed by atoms with Crippen LogP contribution in [0.1, 0.15) is 20.3 Å². The summed E-state index contributed by atoms with van der Waals surface area (Å²) < 4.78 is 0. The van der Waals surface area contributed by atoms with Gasteiger partial charge in [-0.3, -0.25) is 9.69 Å². The van der Waals surface area contributed by atoms with E-state index in [1.165, 1.54) is 0 Å². The molecule has 1 amide bonds. The van der Waals surface area contributed by atoms with Crippen LogP contribution in [0.15, 0.2) is 0 Å². The fourth-order valence-corrected chi connectivity index (χ4v) is 2.28. The Morgan fingerprint density at radius 1 is 1.31 bits per heavy atom. The third-order valence-electron chi connectivity index (χ3n) is 2.64. The Labute approximate surface area is 106 Å². The van der Waals surface area contributed by atoms with Gasteiger partial charge in [0.1, 0.15) is 0 Å². The maximum absolute atomic E-state index is 11.6. The topological polar surface area (TPSA) is 43.8 Å². The zero-order chi connectivity index (χ0) is 12.2. The van der Waals surface area contributed by atoms with Crippen LogP contribution in [0, 0.1) is 0 Å². The molecule has 1 fully saturated rings. The number of piperazine rings is 1. The first kappa shape index (κ1) is 13.9. The largest absolute Gasteiger partial charge is 0.389 e. The van der Waals surface area contributed by atoms with Gasteiger partial charge in [0, 0.05) is 44.5 Å². The van der Waals surface area contributed by atoms with Crippen molar-refractivity contribution in [3.63, 3.8) is 0 Å². The molecule has 0 aromatic rings. The second-order valence-corrected chi connectivity index (χ2v) is 5.70. The van der Waals surface area contributed by atoms with Crippen LogP contribution in [-0.4, -0.2) is 64.5 Å². The number of nitrogens with zero attached hydrogens (tertiary/aromatic N) is 2. The van der Waals surface area contributed by atoms with Gasteiger partial charge in [0.2, 0.25) is 5.91 Å². The Balaban J connectivity index is 2.31. The number of aliphatic hydroxyl groups is 1. The summed E-state index contributed by atoms with van der Waals surface area (Å²) in [5, 5.41) is 10.4. The lowest BCUT2D eigenvalue weighted by atomic mass is 10.1. The van der Waals surface area contributed by atoms with Gasteiger partial charge in [-0.05, 0) is 13.8 Å². The van der Waals surface area contributed by atoms with Crippen molar-refractivity contribution >= 4 is 21.8 Å². The first-order valence-electron chi connectivity index (χ1n) is 5.71. The molecule has 0 bridgehead atoms. The van der Waals surface area contributed by atoms with Crippen molar-refractivity contribution in [1.29, 1.82) is 0 Å². The van der Waals surface area contributed by atoms with Crippen LogP contribution >= 0.6 is 15.9 Å². The number of halogens is 1. The molecule has 16 heavy (non-hydrogen) atoms. The Hall–Kier alpha value is -0.130. The van der Waals surface area contributed by atoms with Crippen molar-refractivity contribution in [2.45, 2.75) is 25.9 Å². The summed E-state index contributed by atoms with van der Waals surface area (Å²) in [6, 6.07) is 0. The number of carbonyl (C=O) groups excluding carboxylic acids is 1. The average Bonchev–Trinajstić information content (AvgIpc) is 2.16. The molecule has 1 aliphatic rings. The smallest absolute Gasteiger partial charge is 0.223 e. The molecule has 0 spiro atoms. The minimum Gasteiger partial charge on any atom is -0.389 e. The molecule has 4 nitrogen and oxygen atoms in total. The standard InChI is InChI=1S/C11H21BrN2O2/c1-11(2,16)9-13-5-7-14(8-6-13)10(15)3-4-12/h16H,3-9H2,1-2H3. The molecule has 0 radical (unpaired) electrons. The van der Waals surface area contributed by atoms with Crippen molar-refractivity contribution in [1.82, 2.24) is 9.80 Å². The van der Waals surface area contributed by atoms with Crippen molar-refractivity contribution in [3.8, 4) is 0 Å². The van der Waals surface area contributed by atoms with Crippen molar-refractivity contribution < 1.29 is 9.90 Å². The monoisotopic (exact) mass is 292 g/mol. The van der Waals surface area contributed by atoms with E-state index in [1.807, 2.05) is 18.7 Å². The highest BCUT2D eigenvalue weighted by molar-refractivity contribution is 9.09. The fourth-order valence-electron chi connectivity index (χ4n) is 1.94. The van der Waals surface area contributed by atoms with Crippen LogP contribution in [0.2, 0.25) is 0 Å². The van der Waals surface area contributed by atoms with Gasteiger partial charge in [0.05, 0.1) is 5.60 Å². The minimum atomic E-state index is -0.651. The summed E-state index contributed by atoms with van der Waals surface area (Å²) >= 11 is 3.28. The van der Waals surface area contributed by atoms with E-state index in [2.05, 4.69) is 20.8 Å². The molecule has 0 saturated carbocycles. The Morgan fingerprint density at radius 3 is 2.31 bits per heavy atom. The van der Waals surface area contributed by atoms with E-state index in [0.717, 1.165) is 31.5 Å². The highest BCUT2D eigenvalue weighted by Gasteiger charge is 2.24. The van der Waals surface area contributed by atoms with Crippen LogP contribution in [0.3, 0.4) is 0 Å². The molecule has 5 heteroatoms. The molecule has 0 aliphatic carbocycles. The molecule has 0 aromatic heterocycles. The molecule has 1 rings (SSSR count). The SMILES string of the molecule is CC(C)(O)CN1CCN(C(=O)CCBr)CC1. The van der Waals surface area contributed by atoms with Gasteiger partial charge in [-0.15, -0.1) is 0 Å². The quantitative estimate of drug-likeness (QED) is 0.776. The Kier molecular flexibility index (Phi) is 5.21. The van der Waals surface area contributed by atoms with Gasteiger partial charge in [-0.25, -0.2) is 0 Å². The molecule has 0 atom stereocenters. The summed E-state index contributed by atoms with van der Waals surface area (Å²) in [6.07, 6.45) is 0.575. The van der Waals surface area contributed by atoms with Crippen molar-refractivity contribution in [2.75, 3.05) is 38.1 Å². The molecule has 0 aromatic carbocycles. The zero-order valence-corrected chi connectivity index (χ0v) is 11.7. The minimum absolute atomic E-state index is 0.222. The molecular weight excluding hydrogens is 272 g/mol. The number of carbonyl (C=O) groups is 1. The first-order valence-corrected chi connectivity index (χ1v) is 6.83. The van der Waals surface area contributed by atoms with E-state index >= 15 is 0 Å². The highest BCUT2D eigenvalue weighted by atomic mass is 79.9. The zero-order valence-electron chi connectivity index (χ0n) is 10.1. The maximum Gasteiger partial charge on any atom is 0.223 e. The molecule has 0 unspecified atom stereocenters. The molecule has 1 saturated heterocycles. The first-order chi connectivity index (χ1) is 7.42. The van der Waals surface area contributed by atoms with E-state index < -0.39 is 5.60 Å².